The lowest BCUT2D eigenvalue weighted by Crippen LogP contribution is -2.58. The third-order valence-electron chi connectivity index (χ3n) is 9.82. The van der Waals surface area contributed by atoms with Gasteiger partial charge in [-0.25, -0.2) is 0 Å². The van der Waals surface area contributed by atoms with Gasteiger partial charge in [0.1, 0.15) is 0 Å². The van der Waals surface area contributed by atoms with Crippen LogP contribution in [0.5, 0.6) is 0 Å². The molecule has 1 N–H and O–H groups in total. The molecule has 0 aromatic carbocycles. The van der Waals surface area contributed by atoms with Gasteiger partial charge in [0.25, 0.3) is 0 Å². The van der Waals surface area contributed by atoms with Gasteiger partial charge < -0.3 is 14.6 Å². The summed E-state index contributed by atoms with van der Waals surface area (Å²) in [6.07, 6.45) is 9.67. The minimum absolute atomic E-state index is 0.209. The Balaban J connectivity index is 1.42. The summed E-state index contributed by atoms with van der Waals surface area (Å²) in [7, 11) is 0. The number of nitrogens with zero attached hydrogens (tertiary/aromatic N) is 1. The molecule has 0 unspecified atom stereocenters. The zero-order valence-electron chi connectivity index (χ0n) is 16.3. The summed E-state index contributed by atoms with van der Waals surface area (Å²) in [6.45, 7) is 6.24. The van der Waals surface area contributed by atoms with E-state index in [1.165, 1.54) is 25.7 Å². The van der Waals surface area contributed by atoms with Crippen molar-refractivity contribution in [3.05, 3.63) is 0 Å². The van der Waals surface area contributed by atoms with Crippen LogP contribution in [0.1, 0.15) is 71.6 Å². The van der Waals surface area contributed by atoms with Gasteiger partial charge in [-0.3, -0.25) is 0 Å². The van der Waals surface area contributed by atoms with Crippen molar-refractivity contribution in [2.24, 2.45) is 34.5 Å². The topological polar surface area (TPSA) is 62.5 Å². The van der Waals surface area contributed by atoms with Crippen LogP contribution in [-0.4, -0.2) is 29.7 Å². The lowest BCUT2D eigenvalue weighted by Gasteiger charge is -2.62. The summed E-state index contributed by atoms with van der Waals surface area (Å²) < 4.78 is 12.1. The summed E-state index contributed by atoms with van der Waals surface area (Å²) >= 11 is 0. The van der Waals surface area contributed by atoms with E-state index >= 15 is 0 Å². The van der Waals surface area contributed by atoms with Crippen molar-refractivity contribution in [2.45, 2.75) is 83.0 Å². The van der Waals surface area contributed by atoms with Gasteiger partial charge in [0, 0.05) is 18.3 Å². The van der Waals surface area contributed by atoms with Crippen LogP contribution in [0.3, 0.4) is 0 Å². The molecule has 4 heteroatoms. The van der Waals surface area contributed by atoms with Crippen molar-refractivity contribution in [2.75, 3.05) is 13.2 Å². The molecule has 7 atom stereocenters. The van der Waals surface area contributed by atoms with Gasteiger partial charge in [0.05, 0.1) is 19.3 Å². The molecule has 4 aliphatic carbocycles. The molecule has 4 saturated carbocycles. The number of ether oxygens (including phenoxy) is 2. The highest BCUT2D eigenvalue weighted by atomic mass is 16.7. The third-order valence-corrected chi connectivity index (χ3v) is 9.82. The molecule has 1 saturated heterocycles. The van der Waals surface area contributed by atoms with Crippen LogP contribution in [0.2, 0.25) is 0 Å². The molecule has 0 amide bonds. The molecule has 144 valence electrons. The van der Waals surface area contributed by atoms with Gasteiger partial charge in [-0.05, 0) is 74.0 Å². The van der Waals surface area contributed by atoms with E-state index in [2.05, 4.69) is 19.9 Å². The summed E-state index contributed by atoms with van der Waals surface area (Å²) in [4.78, 5) is 0. The number of hydrogen-bond acceptors (Lipinski definition) is 4. The van der Waals surface area contributed by atoms with Crippen molar-refractivity contribution in [1.29, 1.82) is 5.26 Å². The van der Waals surface area contributed by atoms with Gasteiger partial charge in [-0.2, -0.15) is 5.26 Å². The maximum Gasteiger partial charge on any atom is 0.168 e. The van der Waals surface area contributed by atoms with Gasteiger partial charge >= 0.3 is 0 Å². The third kappa shape index (κ3) is 2.06. The zero-order chi connectivity index (χ0) is 18.2. The van der Waals surface area contributed by atoms with Crippen LogP contribution >= 0.6 is 0 Å². The lowest BCUT2D eigenvalue weighted by atomic mass is 9.44. The minimum Gasteiger partial charge on any atom is -0.375 e. The minimum atomic E-state index is -1.11. The lowest BCUT2D eigenvalue weighted by molar-refractivity contribution is -0.231. The summed E-state index contributed by atoms with van der Waals surface area (Å²) in [6, 6.07) is 2.30. The number of nitriles is 1. The first-order valence-electron chi connectivity index (χ1n) is 10.8. The van der Waals surface area contributed by atoms with Crippen LogP contribution in [0.25, 0.3) is 0 Å². The number of fused-ring (bicyclic) bond motifs is 5. The van der Waals surface area contributed by atoms with Crippen molar-refractivity contribution in [3.8, 4) is 6.07 Å². The number of aliphatic hydroxyl groups is 1. The second kappa shape index (κ2) is 5.46. The molecule has 1 spiro atoms. The standard InChI is InChI=1S/C22H33NO3/c1-19-9-10-22(25-11-12-26-22)13-15(19)3-4-16-17(19)5-7-20(2)18(16)6-8-21(20,24)14-23/h15-18,24H,3-13H2,1-2H3/t15-,16+,17-,18-,19-,20-,21-/m0/s1. The van der Waals surface area contributed by atoms with Gasteiger partial charge in [0.2, 0.25) is 0 Å². The molecule has 26 heavy (non-hydrogen) atoms. The molecule has 1 aliphatic heterocycles. The summed E-state index contributed by atoms with van der Waals surface area (Å²) in [5.74, 6) is 2.33. The first-order valence-corrected chi connectivity index (χ1v) is 10.8. The Bertz CT molecular complexity index is 638. The Morgan fingerprint density at radius 1 is 0.923 bits per heavy atom. The summed E-state index contributed by atoms with van der Waals surface area (Å²) in [5.41, 5.74) is -0.944. The van der Waals surface area contributed by atoms with E-state index in [1.54, 1.807) is 0 Å². The van der Waals surface area contributed by atoms with E-state index in [0.717, 1.165) is 44.8 Å². The molecule has 0 radical (unpaired) electrons. The Labute approximate surface area is 157 Å². The average Bonchev–Trinajstić information content (AvgIpc) is 3.19. The van der Waals surface area contributed by atoms with Gasteiger partial charge in [0.15, 0.2) is 11.4 Å². The van der Waals surface area contributed by atoms with E-state index < -0.39 is 5.60 Å². The number of rotatable bonds is 0. The van der Waals surface area contributed by atoms with Crippen LogP contribution in [-0.2, 0) is 9.47 Å². The zero-order valence-corrected chi connectivity index (χ0v) is 16.3. The molecule has 5 fully saturated rings. The SMILES string of the molecule is C[C@]12CCC3(C[C@@H]1CC[C@@H]1[C@@H]2CC[C@@]2(C)[C@H]1CC[C@]2(O)C#N)OCCO3. The van der Waals surface area contributed by atoms with Gasteiger partial charge in [-0.1, -0.05) is 13.8 Å². The van der Waals surface area contributed by atoms with E-state index in [4.69, 9.17) is 9.47 Å². The van der Waals surface area contributed by atoms with E-state index in [-0.39, 0.29) is 11.2 Å². The Hall–Kier alpha value is -0.630. The fourth-order valence-corrected chi connectivity index (χ4v) is 8.16. The molecule has 0 aromatic heterocycles. The monoisotopic (exact) mass is 359 g/mol. The molecule has 1 heterocycles. The van der Waals surface area contributed by atoms with E-state index in [9.17, 15) is 10.4 Å². The van der Waals surface area contributed by atoms with Crippen molar-refractivity contribution < 1.29 is 14.6 Å². The van der Waals surface area contributed by atoms with Crippen LogP contribution in [0, 0.1) is 45.8 Å². The normalized spacial score (nSPS) is 55.0. The van der Waals surface area contributed by atoms with Gasteiger partial charge in [-0.15, -0.1) is 0 Å². The maximum atomic E-state index is 11.0. The predicted octanol–water partition coefficient (Wildman–Crippen LogP) is 4.03. The van der Waals surface area contributed by atoms with E-state index in [1.807, 2.05) is 0 Å². The first kappa shape index (κ1) is 17.5. The highest BCUT2D eigenvalue weighted by molar-refractivity contribution is 5.21. The fourth-order valence-electron chi connectivity index (χ4n) is 8.16. The van der Waals surface area contributed by atoms with E-state index in [0.29, 0.717) is 29.6 Å². The molecule has 0 aromatic rings. The molecular formula is C22H33NO3. The Kier molecular flexibility index (Phi) is 3.67. The quantitative estimate of drug-likeness (QED) is 0.663. The van der Waals surface area contributed by atoms with Crippen molar-refractivity contribution >= 4 is 0 Å². The fraction of sp³-hybridized carbons (Fsp3) is 0.955. The Morgan fingerprint density at radius 2 is 1.65 bits per heavy atom. The predicted molar refractivity (Wildman–Crippen MR) is 96.9 cm³/mol. The molecule has 5 aliphatic rings. The van der Waals surface area contributed by atoms with Crippen LogP contribution < -0.4 is 0 Å². The van der Waals surface area contributed by atoms with Crippen LogP contribution in [0.15, 0.2) is 0 Å². The largest absolute Gasteiger partial charge is 0.375 e. The smallest absolute Gasteiger partial charge is 0.168 e. The number of hydrogen-bond donors (Lipinski definition) is 1. The first-order chi connectivity index (χ1) is 12.4. The van der Waals surface area contributed by atoms with Crippen molar-refractivity contribution in [3.63, 3.8) is 0 Å². The Morgan fingerprint density at radius 3 is 2.38 bits per heavy atom. The van der Waals surface area contributed by atoms with Crippen molar-refractivity contribution in [1.82, 2.24) is 0 Å². The highest BCUT2D eigenvalue weighted by Gasteiger charge is 2.66. The second-order valence-electron chi connectivity index (χ2n) is 10.4. The maximum absolute atomic E-state index is 11.0. The molecular weight excluding hydrogens is 326 g/mol. The molecule has 4 nitrogen and oxygen atoms in total. The molecule has 5 rings (SSSR count). The van der Waals surface area contributed by atoms with Crippen LogP contribution in [0.4, 0.5) is 0 Å². The molecule has 0 bridgehead atoms. The highest BCUT2D eigenvalue weighted by Crippen LogP contribution is 2.69. The second-order valence-corrected chi connectivity index (χ2v) is 10.4. The average molecular weight is 360 g/mol. The summed E-state index contributed by atoms with van der Waals surface area (Å²) in [5, 5.41) is 20.6.